The van der Waals surface area contributed by atoms with Crippen molar-refractivity contribution in [2.45, 2.75) is 40.8 Å². The van der Waals surface area contributed by atoms with Gasteiger partial charge in [0.15, 0.2) is 0 Å². The molecule has 0 radical (unpaired) electrons. The number of rotatable bonds is 9. The first kappa shape index (κ1) is 23.5. The van der Waals surface area contributed by atoms with Gasteiger partial charge in [-0.3, -0.25) is 19.1 Å². The summed E-state index contributed by atoms with van der Waals surface area (Å²) in [4.78, 5) is 41.4. The molecule has 30 heavy (non-hydrogen) atoms. The molecular formula is C21H30ClN5O3. The summed E-state index contributed by atoms with van der Waals surface area (Å²) >= 11 is 6.14. The zero-order valence-electron chi connectivity index (χ0n) is 17.9. The average molecular weight is 436 g/mol. The molecule has 1 aromatic heterocycles. The summed E-state index contributed by atoms with van der Waals surface area (Å²) < 4.78 is 1.34. The standard InChI is InChI=1S/C21H30ClN5O3/c1-13(2)10-26(12-17(28)24-9-15-7-5-6-8-16(15)22)18-19(23)27(11-14(3)4)21(30)25-20(18)29/h5-8,13-14H,9-12,23H2,1-4H3,(H,24,28)(H,25,29,30). The van der Waals surface area contributed by atoms with Gasteiger partial charge in [0, 0.05) is 24.7 Å². The lowest BCUT2D eigenvalue weighted by atomic mass is 10.2. The van der Waals surface area contributed by atoms with Crippen LogP contribution in [0.3, 0.4) is 0 Å². The number of aromatic nitrogens is 2. The van der Waals surface area contributed by atoms with E-state index >= 15 is 0 Å². The fourth-order valence-corrected chi connectivity index (χ4v) is 3.37. The number of H-pyrrole nitrogens is 1. The molecular weight excluding hydrogens is 406 g/mol. The Morgan fingerprint density at radius 2 is 1.87 bits per heavy atom. The minimum Gasteiger partial charge on any atom is -0.383 e. The van der Waals surface area contributed by atoms with E-state index < -0.39 is 11.2 Å². The maximum absolute atomic E-state index is 12.6. The highest BCUT2D eigenvalue weighted by Gasteiger charge is 2.22. The number of hydrogen-bond acceptors (Lipinski definition) is 5. The molecule has 0 fully saturated rings. The predicted molar refractivity (Wildman–Crippen MR) is 121 cm³/mol. The molecule has 2 aromatic rings. The van der Waals surface area contributed by atoms with Gasteiger partial charge in [0.1, 0.15) is 11.5 Å². The second-order valence-corrected chi connectivity index (χ2v) is 8.55. The summed E-state index contributed by atoms with van der Waals surface area (Å²) in [7, 11) is 0. The molecule has 0 atom stereocenters. The summed E-state index contributed by atoms with van der Waals surface area (Å²) in [6.07, 6.45) is 0. The molecule has 1 aromatic carbocycles. The minimum absolute atomic E-state index is 0.0667. The van der Waals surface area contributed by atoms with E-state index in [1.54, 1.807) is 11.0 Å². The maximum Gasteiger partial charge on any atom is 0.330 e. The predicted octanol–water partition coefficient (Wildman–Crippen LogP) is 2.21. The Morgan fingerprint density at radius 3 is 2.47 bits per heavy atom. The van der Waals surface area contributed by atoms with Gasteiger partial charge in [-0.05, 0) is 23.5 Å². The largest absolute Gasteiger partial charge is 0.383 e. The van der Waals surface area contributed by atoms with Crippen LogP contribution in [0.2, 0.25) is 5.02 Å². The highest BCUT2D eigenvalue weighted by atomic mass is 35.5. The number of nitrogens with two attached hydrogens (primary N) is 1. The normalized spacial score (nSPS) is 11.2. The maximum atomic E-state index is 12.6. The number of aromatic amines is 1. The lowest BCUT2D eigenvalue weighted by molar-refractivity contribution is -0.119. The molecule has 9 heteroatoms. The summed E-state index contributed by atoms with van der Waals surface area (Å²) in [6, 6.07) is 7.25. The van der Waals surface area contributed by atoms with E-state index in [2.05, 4.69) is 10.3 Å². The third-order valence-corrected chi connectivity index (χ3v) is 4.80. The molecule has 0 saturated carbocycles. The van der Waals surface area contributed by atoms with E-state index in [9.17, 15) is 14.4 Å². The first-order chi connectivity index (χ1) is 14.1. The monoisotopic (exact) mass is 435 g/mol. The molecule has 164 valence electrons. The van der Waals surface area contributed by atoms with Crippen LogP contribution in [0.4, 0.5) is 11.5 Å². The number of anilines is 2. The molecule has 1 amide bonds. The van der Waals surface area contributed by atoms with Crippen molar-refractivity contribution >= 4 is 29.0 Å². The second-order valence-electron chi connectivity index (χ2n) is 8.14. The molecule has 1 heterocycles. The van der Waals surface area contributed by atoms with Crippen LogP contribution in [0.15, 0.2) is 33.9 Å². The summed E-state index contributed by atoms with van der Waals surface area (Å²) in [5, 5.41) is 3.39. The summed E-state index contributed by atoms with van der Waals surface area (Å²) in [6.45, 7) is 8.83. The third kappa shape index (κ3) is 6.13. The molecule has 4 N–H and O–H groups in total. The molecule has 2 rings (SSSR count). The van der Waals surface area contributed by atoms with Gasteiger partial charge in [0.05, 0.1) is 6.54 Å². The van der Waals surface area contributed by atoms with E-state index in [1.807, 2.05) is 45.9 Å². The summed E-state index contributed by atoms with van der Waals surface area (Å²) in [5.74, 6) is 0.0971. The second kappa shape index (κ2) is 10.3. The van der Waals surface area contributed by atoms with Crippen molar-refractivity contribution in [1.82, 2.24) is 14.9 Å². The van der Waals surface area contributed by atoms with Crippen molar-refractivity contribution in [3.8, 4) is 0 Å². The minimum atomic E-state index is -0.600. The van der Waals surface area contributed by atoms with Crippen LogP contribution in [0, 0.1) is 11.8 Å². The highest BCUT2D eigenvalue weighted by Crippen LogP contribution is 2.19. The quantitative estimate of drug-likeness (QED) is 0.558. The Kier molecular flexibility index (Phi) is 8.11. The Morgan fingerprint density at radius 1 is 1.20 bits per heavy atom. The van der Waals surface area contributed by atoms with Crippen LogP contribution in [0.1, 0.15) is 33.3 Å². The molecule has 0 unspecified atom stereocenters. The van der Waals surface area contributed by atoms with E-state index in [0.29, 0.717) is 18.1 Å². The van der Waals surface area contributed by atoms with Gasteiger partial charge in [0.2, 0.25) is 5.91 Å². The van der Waals surface area contributed by atoms with Crippen LogP contribution in [0.25, 0.3) is 0 Å². The first-order valence-electron chi connectivity index (χ1n) is 9.97. The number of carbonyl (C=O) groups excluding carboxylic acids is 1. The zero-order chi connectivity index (χ0) is 22.4. The Bertz CT molecular complexity index is 997. The average Bonchev–Trinajstić information content (AvgIpc) is 2.63. The molecule has 0 bridgehead atoms. The van der Waals surface area contributed by atoms with Gasteiger partial charge in [-0.1, -0.05) is 57.5 Å². The molecule has 0 spiro atoms. The Balaban J connectivity index is 2.29. The first-order valence-corrected chi connectivity index (χ1v) is 10.4. The number of amides is 1. The van der Waals surface area contributed by atoms with E-state index in [-0.39, 0.29) is 42.3 Å². The van der Waals surface area contributed by atoms with Gasteiger partial charge >= 0.3 is 5.69 Å². The third-order valence-electron chi connectivity index (χ3n) is 4.43. The number of nitrogens with one attached hydrogen (secondary N) is 2. The fourth-order valence-electron chi connectivity index (χ4n) is 3.17. The van der Waals surface area contributed by atoms with Gasteiger partial charge in [0.25, 0.3) is 5.56 Å². The van der Waals surface area contributed by atoms with Crippen molar-refractivity contribution in [3.05, 3.63) is 55.7 Å². The number of carbonyl (C=O) groups is 1. The number of benzene rings is 1. The lowest BCUT2D eigenvalue weighted by Gasteiger charge is -2.27. The van der Waals surface area contributed by atoms with Gasteiger partial charge in [-0.2, -0.15) is 0 Å². The SMILES string of the molecule is CC(C)CN(CC(=O)NCc1ccccc1Cl)c1c(N)n(CC(C)C)c(=O)[nH]c1=O. The molecule has 0 aliphatic rings. The molecule has 0 aliphatic heterocycles. The van der Waals surface area contributed by atoms with Crippen molar-refractivity contribution < 1.29 is 4.79 Å². The number of nitrogens with zero attached hydrogens (tertiary/aromatic N) is 2. The van der Waals surface area contributed by atoms with Crippen molar-refractivity contribution in [2.24, 2.45) is 11.8 Å². The smallest absolute Gasteiger partial charge is 0.330 e. The van der Waals surface area contributed by atoms with Crippen LogP contribution in [-0.4, -0.2) is 28.5 Å². The van der Waals surface area contributed by atoms with E-state index in [4.69, 9.17) is 17.3 Å². The summed E-state index contributed by atoms with van der Waals surface area (Å²) in [5.41, 5.74) is 6.00. The number of halogens is 1. The van der Waals surface area contributed by atoms with Crippen molar-refractivity contribution in [3.63, 3.8) is 0 Å². The zero-order valence-corrected chi connectivity index (χ0v) is 18.6. The fraction of sp³-hybridized carbons (Fsp3) is 0.476. The van der Waals surface area contributed by atoms with Crippen LogP contribution >= 0.6 is 11.6 Å². The van der Waals surface area contributed by atoms with Gasteiger partial charge in [-0.15, -0.1) is 0 Å². The van der Waals surface area contributed by atoms with Crippen molar-refractivity contribution in [1.29, 1.82) is 0 Å². The van der Waals surface area contributed by atoms with Crippen LogP contribution in [0.5, 0.6) is 0 Å². The van der Waals surface area contributed by atoms with Crippen LogP contribution in [-0.2, 0) is 17.9 Å². The van der Waals surface area contributed by atoms with E-state index in [0.717, 1.165) is 5.56 Å². The lowest BCUT2D eigenvalue weighted by Crippen LogP contribution is -2.44. The van der Waals surface area contributed by atoms with Crippen molar-refractivity contribution in [2.75, 3.05) is 23.7 Å². The van der Waals surface area contributed by atoms with Gasteiger partial charge in [-0.25, -0.2) is 4.79 Å². The highest BCUT2D eigenvalue weighted by molar-refractivity contribution is 6.31. The molecule has 0 saturated heterocycles. The molecule has 0 aliphatic carbocycles. The topological polar surface area (TPSA) is 113 Å². The van der Waals surface area contributed by atoms with Crippen LogP contribution < -0.4 is 27.2 Å². The Labute approximate surface area is 181 Å². The number of nitrogen functional groups attached to an aromatic ring is 1. The molecule has 8 nitrogen and oxygen atoms in total. The van der Waals surface area contributed by atoms with E-state index in [1.165, 1.54) is 4.57 Å². The number of hydrogen-bond donors (Lipinski definition) is 3. The Hall–Kier alpha value is -2.74. The van der Waals surface area contributed by atoms with Gasteiger partial charge < -0.3 is 16.0 Å².